The van der Waals surface area contributed by atoms with Crippen molar-refractivity contribution in [2.24, 2.45) is 0 Å². The summed E-state index contributed by atoms with van der Waals surface area (Å²) in [5, 5.41) is 2.75. The molecule has 156 valence electrons. The van der Waals surface area contributed by atoms with Crippen molar-refractivity contribution >= 4 is 15.9 Å². The van der Waals surface area contributed by atoms with Crippen LogP contribution in [0.5, 0.6) is 17.2 Å². The van der Waals surface area contributed by atoms with Gasteiger partial charge in [0.2, 0.25) is 22.7 Å². The van der Waals surface area contributed by atoms with E-state index >= 15 is 0 Å². The van der Waals surface area contributed by atoms with Crippen molar-refractivity contribution in [3.63, 3.8) is 0 Å². The number of ether oxygens (including phenoxy) is 3. The SMILES string of the molecule is CCN(CC(=O)NCc1ccc2c(c1)OCO2)S(=O)(=O)c1cc(C)ccc1OC. The second-order valence-electron chi connectivity index (χ2n) is 6.55. The Bertz CT molecular complexity index is 1010. The Labute approximate surface area is 170 Å². The number of sulfonamides is 1. The van der Waals surface area contributed by atoms with Gasteiger partial charge in [0.25, 0.3) is 0 Å². The highest BCUT2D eigenvalue weighted by atomic mass is 32.2. The molecule has 0 bridgehead atoms. The fraction of sp³-hybridized carbons (Fsp3) is 0.350. The predicted molar refractivity (Wildman–Crippen MR) is 107 cm³/mol. The van der Waals surface area contributed by atoms with Crippen molar-refractivity contribution in [1.29, 1.82) is 0 Å². The van der Waals surface area contributed by atoms with Crippen LogP contribution in [-0.4, -0.2) is 45.6 Å². The zero-order chi connectivity index (χ0) is 21.0. The van der Waals surface area contributed by atoms with E-state index in [1.807, 2.05) is 6.07 Å². The second kappa shape index (κ2) is 8.71. The smallest absolute Gasteiger partial charge is 0.247 e. The number of carbonyl (C=O) groups excluding carboxylic acids is 1. The number of nitrogens with zero attached hydrogens (tertiary/aromatic N) is 1. The van der Waals surface area contributed by atoms with Crippen LogP contribution in [0.4, 0.5) is 0 Å². The van der Waals surface area contributed by atoms with E-state index in [9.17, 15) is 13.2 Å². The van der Waals surface area contributed by atoms with Gasteiger partial charge in [0, 0.05) is 13.1 Å². The quantitative estimate of drug-likeness (QED) is 0.703. The molecular weight excluding hydrogens is 396 g/mol. The van der Waals surface area contributed by atoms with Crippen LogP contribution < -0.4 is 19.5 Å². The number of fused-ring (bicyclic) bond motifs is 1. The number of aryl methyl sites for hydroxylation is 1. The highest BCUT2D eigenvalue weighted by Gasteiger charge is 2.28. The molecule has 0 unspecified atom stereocenters. The summed E-state index contributed by atoms with van der Waals surface area (Å²) >= 11 is 0. The Morgan fingerprint density at radius 1 is 1.17 bits per heavy atom. The highest BCUT2D eigenvalue weighted by Crippen LogP contribution is 2.32. The first kappa shape index (κ1) is 20.9. The molecule has 0 aliphatic carbocycles. The minimum atomic E-state index is -3.89. The van der Waals surface area contributed by atoms with Crippen molar-refractivity contribution in [1.82, 2.24) is 9.62 Å². The summed E-state index contributed by atoms with van der Waals surface area (Å²) in [5.74, 6) is 1.13. The zero-order valence-electron chi connectivity index (χ0n) is 16.6. The Morgan fingerprint density at radius 2 is 1.93 bits per heavy atom. The molecule has 0 aromatic heterocycles. The normalized spacial score (nSPS) is 12.8. The number of hydrogen-bond donors (Lipinski definition) is 1. The van der Waals surface area contributed by atoms with Gasteiger partial charge in [0.1, 0.15) is 10.6 Å². The number of hydrogen-bond acceptors (Lipinski definition) is 6. The fourth-order valence-electron chi connectivity index (χ4n) is 2.96. The lowest BCUT2D eigenvalue weighted by Crippen LogP contribution is -2.40. The van der Waals surface area contributed by atoms with Crippen LogP contribution in [0.1, 0.15) is 18.1 Å². The third-order valence-corrected chi connectivity index (χ3v) is 6.48. The molecule has 1 N–H and O–H groups in total. The van der Waals surface area contributed by atoms with Crippen molar-refractivity contribution in [2.45, 2.75) is 25.3 Å². The summed E-state index contributed by atoms with van der Waals surface area (Å²) in [6, 6.07) is 10.3. The van der Waals surface area contributed by atoms with Gasteiger partial charge in [-0.3, -0.25) is 4.79 Å². The van der Waals surface area contributed by atoms with E-state index < -0.39 is 15.9 Å². The lowest BCUT2D eigenvalue weighted by molar-refractivity contribution is -0.121. The standard InChI is InChI=1S/C20H24N2O6S/c1-4-22(29(24,25)19-9-14(2)5-7-17(19)26-3)12-20(23)21-11-15-6-8-16-18(10-15)28-13-27-16/h5-10H,4,11-13H2,1-3H3,(H,21,23). The van der Waals surface area contributed by atoms with Gasteiger partial charge < -0.3 is 19.5 Å². The van der Waals surface area contributed by atoms with E-state index in [4.69, 9.17) is 14.2 Å². The maximum Gasteiger partial charge on any atom is 0.247 e. The Hall–Kier alpha value is -2.78. The molecule has 1 heterocycles. The summed E-state index contributed by atoms with van der Waals surface area (Å²) in [7, 11) is -2.48. The van der Waals surface area contributed by atoms with Gasteiger partial charge in [-0.1, -0.05) is 19.1 Å². The van der Waals surface area contributed by atoms with E-state index in [1.54, 1.807) is 44.2 Å². The van der Waals surface area contributed by atoms with Gasteiger partial charge in [-0.15, -0.1) is 0 Å². The van der Waals surface area contributed by atoms with E-state index in [2.05, 4.69) is 5.32 Å². The summed E-state index contributed by atoms with van der Waals surface area (Å²) < 4.78 is 43.0. The van der Waals surface area contributed by atoms with Gasteiger partial charge in [0.05, 0.1) is 13.7 Å². The van der Waals surface area contributed by atoms with Gasteiger partial charge >= 0.3 is 0 Å². The average molecular weight is 420 g/mol. The minimum absolute atomic E-state index is 0.0467. The molecule has 2 aromatic rings. The number of methoxy groups -OCH3 is 1. The van der Waals surface area contributed by atoms with E-state index in [-0.39, 0.29) is 37.1 Å². The van der Waals surface area contributed by atoms with Crippen LogP contribution in [0.2, 0.25) is 0 Å². The van der Waals surface area contributed by atoms with Crippen LogP contribution >= 0.6 is 0 Å². The Kier molecular flexibility index (Phi) is 6.29. The first-order valence-electron chi connectivity index (χ1n) is 9.15. The molecule has 0 saturated carbocycles. The molecule has 8 nitrogen and oxygen atoms in total. The maximum absolute atomic E-state index is 13.1. The van der Waals surface area contributed by atoms with Gasteiger partial charge in [-0.25, -0.2) is 8.42 Å². The van der Waals surface area contributed by atoms with Crippen LogP contribution in [0.25, 0.3) is 0 Å². The minimum Gasteiger partial charge on any atom is -0.495 e. The van der Waals surface area contributed by atoms with E-state index in [0.29, 0.717) is 11.5 Å². The molecule has 9 heteroatoms. The van der Waals surface area contributed by atoms with Crippen LogP contribution in [0, 0.1) is 6.92 Å². The van der Waals surface area contributed by atoms with Crippen molar-refractivity contribution in [3.05, 3.63) is 47.5 Å². The molecular formula is C20H24N2O6S. The number of nitrogens with one attached hydrogen (secondary N) is 1. The van der Waals surface area contributed by atoms with E-state index in [1.165, 1.54) is 7.11 Å². The first-order chi connectivity index (χ1) is 13.8. The Morgan fingerprint density at radius 3 is 2.66 bits per heavy atom. The van der Waals surface area contributed by atoms with Crippen molar-refractivity contribution < 1.29 is 27.4 Å². The first-order valence-corrected chi connectivity index (χ1v) is 10.6. The third kappa shape index (κ3) is 4.63. The summed E-state index contributed by atoms with van der Waals surface area (Å²) in [5.41, 5.74) is 1.61. The molecule has 3 rings (SSSR count). The molecule has 0 spiro atoms. The lowest BCUT2D eigenvalue weighted by atomic mass is 10.2. The second-order valence-corrected chi connectivity index (χ2v) is 8.46. The molecule has 1 aliphatic rings. The number of carbonyl (C=O) groups is 1. The number of rotatable bonds is 8. The summed E-state index contributed by atoms with van der Waals surface area (Å²) in [4.78, 5) is 12.5. The van der Waals surface area contributed by atoms with E-state index in [0.717, 1.165) is 15.4 Å². The fourth-order valence-corrected chi connectivity index (χ4v) is 4.60. The predicted octanol–water partition coefficient (Wildman–Crippen LogP) is 2.06. The number of likely N-dealkylation sites (N-methyl/N-ethyl adjacent to an activating group) is 1. The molecule has 1 aliphatic heterocycles. The van der Waals surface area contributed by atoms with Crippen LogP contribution in [0.3, 0.4) is 0 Å². The highest BCUT2D eigenvalue weighted by molar-refractivity contribution is 7.89. The van der Waals surface area contributed by atoms with Gasteiger partial charge in [0.15, 0.2) is 11.5 Å². The number of benzene rings is 2. The zero-order valence-corrected chi connectivity index (χ0v) is 17.4. The van der Waals surface area contributed by atoms with Crippen molar-refractivity contribution in [2.75, 3.05) is 27.0 Å². The molecule has 0 atom stereocenters. The Balaban J connectivity index is 1.68. The lowest BCUT2D eigenvalue weighted by Gasteiger charge is -2.21. The van der Waals surface area contributed by atoms with Crippen molar-refractivity contribution in [3.8, 4) is 17.2 Å². The molecule has 0 fully saturated rings. The molecule has 2 aromatic carbocycles. The van der Waals surface area contributed by atoms with Crippen LogP contribution in [0.15, 0.2) is 41.3 Å². The summed E-state index contributed by atoms with van der Waals surface area (Å²) in [6.45, 7) is 3.77. The van der Waals surface area contributed by atoms with Crippen LogP contribution in [-0.2, 0) is 21.4 Å². The molecule has 29 heavy (non-hydrogen) atoms. The number of amides is 1. The topological polar surface area (TPSA) is 94.2 Å². The maximum atomic E-state index is 13.1. The monoisotopic (exact) mass is 420 g/mol. The molecule has 0 radical (unpaired) electrons. The van der Waals surface area contributed by atoms with Gasteiger partial charge in [-0.2, -0.15) is 4.31 Å². The molecule has 0 saturated heterocycles. The largest absolute Gasteiger partial charge is 0.495 e. The summed E-state index contributed by atoms with van der Waals surface area (Å²) in [6.07, 6.45) is 0. The third-order valence-electron chi connectivity index (χ3n) is 4.54. The average Bonchev–Trinajstić information content (AvgIpc) is 3.18. The van der Waals surface area contributed by atoms with Gasteiger partial charge in [-0.05, 0) is 42.3 Å². The molecule has 1 amide bonds.